The van der Waals surface area contributed by atoms with Gasteiger partial charge in [0.05, 0.1) is 12.5 Å². The maximum atomic E-state index is 8.79. The second-order valence-electron chi connectivity index (χ2n) is 5.48. The Hall–Kier alpha value is -0.550. The van der Waals surface area contributed by atoms with Gasteiger partial charge in [0.1, 0.15) is 0 Å². The van der Waals surface area contributed by atoms with Crippen molar-refractivity contribution in [1.29, 1.82) is 5.26 Å². The third-order valence-electron chi connectivity index (χ3n) is 3.69. The lowest BCUT2D eigenvalue weighted by Gasteiger charge is -2.28. The molecule has 0 radical (unpaired) electrons. The van der Waals surface area contributed by atoms with Crippen LogP contribution in [0.4, 0.5) is 0 Å². The number of hydrogen-bond acceptors (Lipinski definition) is 2. The van der Waals surface area contributed by atoms with Gasteiger partial charge in [-0.25, -0.2) is 0 Å². The molecule has 1 unspecified atom stereocenters. The Bertz CT molecular complexity index is 227. The second-order valence-corrected chi connectivity index (χ2v) is 5.48. The molecule has 0 aromatic heterocycles. The first-order chi connectivity index (χ1) is 7.09. The van der Waals surface area contributed by atoms with E-state index in [1.807, 2.05) is 0 Å². The van der Waals surface area contributed by atoms with Crippen LogP contribution in [0.1, 0.15) is 52.9 Å². The summed E-state index contributed by atoms with van der Waals surface area (Å²) in [6.07, 6.45) is 5.68. The van der Waals surface area contributed by atoms with Crippen LogP contribution < -0.4 is 0 Å². The molecule has 1 aliphatic heterocycles. The fourth-order valence-electron chi connectivity index (χ4n) is 2.45. The van der Waals surface area contributed by atoms with E-state index in [9.17, 15) is 0 Å². The van der Waals surface area contributed by atoms with E-state index in [4.69, 9.17) is 5.26 Å². The molecular formula is C13H24N2. The number of nitrogens with zero attached hydrogens (tertiary/aromatic N) is 2. The van der Waals surface area contributed by atoms with Crippen LogP contribution in [0.15, 0.2) is 0 Å². The highest BCUT2D eigenvalue weighted by atomic mass is 15.2. The van der Waals surface area contributed by atoms with E-state index < -0.39 is 0 Å². The molecule has 1 atom stereocenters. The zero-order valence-electron chi connectivity index (χ0n) is 10.4. The van der Waals surface area contributed by atoms with Crippen molar-refractivity contribution in [2.24, 2.45) is 5.41 Å². The van der Waals surface area contributed by atoms with Gasteiger partial charge in [-0.15, -0.1) is 0 Å². The van der Waals surface area contributed by atoms with E-state index in [1.165, 1.54) is 32.4 Å². The summed E-state index contributed by atoms with van der Waals surface area (Å²) in [4.78, 5) is 2.53. The summed E-state index contributed by atoms with van der Waals surface area (Å²) < 4.78 is 0. The van der Waals surface area contributed by atoms with E-state index in [2.05, 4.69) is 31.7 Å². The lowest BCUT2D eigenvalue weighted by atomic mass is 9.85. The number of likely N-dealkylation sites (tertiary alicyclic amines) is 1. The van der Waals surface area contributed by atoms with Crippen molar-refractivity contribution in [3.05, 3.63) is 0 Å². The molecule has 1 aliphatic rings. The molecule has 0 aromatic rings. The van der Waals surface area contributed by atoms with Gasteiger partial charge in [0.2, 0.25) is 0 Å². The van der Waals surface area contributed by atoms with E-state index in [0.29, 0.717) is 17.9 Å². The van der Waals surface area contributed by atoms with Crippen LogP contribution in [0, 0.1) is 16.7 Å². The van der Waals surface area contributed by atoms with Crippen molar-refractivity contribution >= 4 is 0 Å². The fourth-order valence-corrected chi connectivity index (χ4v) is 2.45. The first kappa shape index (κ1) is 12.5. The molecule has 1 heterocycles. The average Bonchev–Trinajstić information content (AvgIpc) is 2.36. The predicted molar refractivity (Wildman–Crippen MR) is 63.5 cm³/mol. The molecule has 1 fully saturated rings. The summed E-state index contributed by atoms with van der Waals surface area (Å²) in [6, 6.07) is 2.81. The Morgan fingerprint density at radius 3 is 2.67 bits per heavy atom. The standard InChI is InChI=1S/C13H24N2/c1-4-12(6-9-14)15-10-5-7-13(2,3)8-11-15/h12H,4-8,10-11H2,1-3H3. The monoisotopic (exact) mass is 208 g/mol. The molecule has 2 nitrogen and oxygen atoms in total. The number of hydrogen-bond donors (Lipinski definition) is 0. The van der Waals surface area contributed by atoms with Crippen molar-refractivity contribution in [2.45, 2.75) is 58.9 Å². The molecule has 0 saturated carbocycles. The lowest BCUT2D eigenvalue weighted by Crippen LogP contribution is -2.35. The van der Waals surface area contributed by atoms with Gasteiger partial charge in [-0.05, 0) is 44.2 Å². The summed E-state index contributed by atoms with van der Waals surface area (Å²) in [5, 5.41) is 8.79. The van der Waals surface area contributed by atoms with E-state index >= 15 is 0 Å². The van der Waals surface area contributed by atoms with Crippen molar-refractivity contribution in [3.63, 3.8) is 0 Å². The van der Waals surface area contributed by atoms with Gasteiger partial charge in [-0.3, -0.25) is 4.90 Å². The van der Waals surface area contributed by atoms with Crippen LogP contribution in [0.2, 0.25) is 0 Å². The summed E-state index contributed by atoms with van der Waals surface area (Å²) in [6.45, 7) is 9.28. The highest BCUT2D eigenvalue weighted by molar-refractivity contribution is 4.85. The topological polar surface area (TPSA) is 27.0 Å². The molecule has 0 bridgehead atoms. The van der Waals surface area contributed by atoms with Crippen LogP contribution in [0.5, 0.6) is 0 Å². The van der Waals surface area contributed by atoms with Crippen LogP contribution in [0.3, 0.4) is 0 Å². The highest BCUT2D eigenvalue weighted by Gasteiger charge is 2.25. The minimum atomic E-state index is 0.490. The molecule has 15 heavy (non-hydrogen) atoms. The molecule has 0 spiro atoms. The smallest absolute Gasteiger partial charge is 0.0638 e. The van der Waals surface area contributed by atoms with Gasteiger partial charge in [-0.2, -0.15) is 5.26 Å². The van der Waals surface area contributed by atoms with Crippen LogP contribution in [-0.2, 0) is 0 Å². The molecule has 0 amide bonds. The van der Waals surface area contributed by atoms with Gasteiger partial charge < -0.3 is 0 Å². The summed E-state index contributed by atoms with van der Waals surface area (Å²) in [7, 11) is 0. The van der Waals surface area contributed by atoms with Crippen molar-refractivity contribution in [3.8, 4) is 6.07 Å². The average molecular weight is 208 g/mol. The third kappa shape index (κ3) is 3.83. The first-order valence-corrected chi connectivity index (χ1v) is 6.20. The number of rotatable bonds is 3. The molecule has 0 aliphatic carbocycles. The van der Waals surface area contributed by atoms with Gasteiger partial charge in [0.25, 0.3) is 0 Å². The van der Waals surface area contributed by atoms with Crippen LogP contribution in [-0.4, -0.2) is 24.0 Å². The normalized spacial score (nSPS) is 24.1. The van der Waals surface area contributed by atoms with Gasteiger partial charge in [-0.1, -0.05) is 20.8 Å². The second kappa shape index (κ2) is 5.51. The predicted octanol–water partition coefficient (Wildman–Crippen LogP) is 3.19. The highest BCUT2D eigenvalue weighted by Crippen LogP contribution is 2.30. The largest absolute Gasteiger partial charge is 0.299 e. The Morgan fingerprint density at radius 1 is 1.33 bits per heavy atom. The third-order valence-corrected chi connectivity index (χ3v) is 3.69. The molecule has 1 saturated heterocycles. The maximum absolute atomic E-state index is 8.79. The minimum absolute atomic E-state index is 0.490. The van der Waals surface area contributed by atoms with Crippen molar-refractivity contribution < 1.29 is 0 Å². The van der Waals surface area contributed by atoms with Gasteiger partial charge in [0.15, 0.2) is 0 Å². The van der Waals surface area contributed by atoms with E-state index in [-0.39, 0.29) is 0 Å². The lowest BCUT2D eigenvalue weighted by molar-refractivity contribution is 0.192. The Balaban J connectivity index is 2.52. The van der Waals surface area contributed by atoms with Crippen molar-refractivity contribution in [2.75, 3.05) is 13.1 Å². The number of nitriles is 1. The Kier molecular flexibility index (Phi) is 4.60. The fraction of sp³-hybridized carbons (Fsp3) is 0.923. The Morgan fingerprint density at radius 2 is 2.07 bits per heavy atom. The first-order valence-electron chi connectivity index (χ1n) is 6.20. The minimum Gasteiger partial charge on any atom is -0.299 e. The zero-order chi connectivity index (χ0) is 11.3. The van der Waals surface area contributed by atoms with Gasteiger partial charge >= 0.3 is 0 Å². The summed E-state index contributed by atoms with van der Waals surface area (Å²) >= 11 is 0. The molecule has 86 valence electrons. The molecule has 1 rings (SSSR count). The van der Waals surface area contributed by atoms with E-state index in [0.717, 1.165) is 6.42 Å². The van der Waals surface area contributed by atoms with E-state index in [1.54, 1.807) is 0 Å². The Labute approximate surface area is 94.3 Å². The molecule has 2 heteroatoms. The van der Waals surface area contributed by atoms with Crippen molar-refractivity contribution in [1.82, 2.24) is 4.90 Å². The quantitative estimate of drug-likeness (QED) is 0.712. The summed E-state index contributed by atoms with van der Waals surface area (Å²) in [5.41, 5.74) is 0.500. The van der Waals surface area contributed by atoms with Crippen LogP contribution in [0.25, 0.3) is 0 Å². The zero-order valence-corrected chi connectivity index (χ0v) is 10.4. The van der Waals surface area contributed by atoms with Gasteiger partial charge in [0, 0.05) is 6.04 Å². The summed E-state index contributed by atoms with van der Waals surface area (Å²) in [5.74, 6) is 0. The molecular weight excluding hydrogens is 184 g/mol. The molecule has 0 aromatic carbocycles. The SMILES string of the molecule is CCC(CC#N)N1CCCC(C)(C)CC1. The van der Waals surface area contributed by atoms with Crippen LogP contribution >= 0.6 is 0 Å². The maximum Gasteiger partial charge on any atom is 0.0638 e. The molecule has 0 N–H and O–H groups in total.